The van der Waals surface area contributed by atoms with Crippen molar-refractivity contribution < 1.29 is 5.11 Å². The molecule has 2 aromatic heterocycles. The molecule has 0 bridgehead atoms. The molecule has 6 heteroatoms. The van der Waals surface area contributed by atoms with E-state index >= 15 is 0 Å². The summed E-state index contributed by atoms with van der Waals surface area (Å²) in [5, 5.41) is 17.0. The van der Waals surface area contributed by atoms with Gasteiger partial charge in [-0.1, -0.05) is 13.8 Å². The Morgan fingerprint density at radius 1 is 1.44 bits per heavy atom. The van der Waals surface area contributed by atoms with Crippen LogP contribution < -0.4 is 10.9 Å². The van der Waals surface area contributed by atoms with Crippen molar-refractivity contribution in [1.82, 2.24) is 19.5 Å². The normalized spacial score (nSPS) is 13.3. The van der Waals surface area contributed by atoms with Gasteiger partial charge in [0.15, 0.2) is 0 Å². The molecule has 0 spiro atoms. The number of aromatic nitrogens is 3. The lowest BCUT2D eigenvalue weighted by molar-refractivity contribution is 0.147. The van der Waals surface area contributed by atoms with Crippen LogP contribution in [0.5, 0.6) is 0 Å². The molecule has 98 valence electrons. The molecule has 0 aliphatic carbocycles. The molecule has 0 fully saturated rings. The summed E-state index contributed by atoms with van der Waals surface area (Å²) in [4.78, 5) is 12.0. The molecule has 1 unspecified atom stereocenters. The smallest absolute Gasteiger partial charge is 0.276 e. The molecule has 0 aromatic carbocycles. The van der Waals surface area contributed by atoms with Gasteiger partial charge in [0, 0.05) is 25.0 Å². The average Bonchev–Trinajstić information content (AvgIpc) is 2.79. The summed E-state index contributed by atoms with van der Waals surface area (Å²) in [6.07, 6.45) is 4.34. The van der Waals surface area contributed by atoms with E-state index in [0.717, 1.165) is 0 Å². The van der Waals surface area contributed by atoms with Gasteiger partial charge in [-0.05, 0) is 6.07 Å². The number of hydrogen-bond donors (Lipinski definition) is 2. The van der Waals surface area contributed by atoms with Crippen molar-refractivity contribution in [3.63, 3.8) is 0 Å². The first-order valence-electron chi connectivity index (χ1n) is 6.02. The van der Waals surface area contributed by atoms with Crippen molar-refractivity contribution in [3.8, 4) is 0 Å². The third kappa shape index (κ3) is 2.77. The molecule has 0 radical (unpaired) electrons. The van der Waals surface area contributed by atoms with Gasteiger partial charge in [-0.2, -0.15) is 5.10 Å². The molecular weight excluding hydrogens is 232 g/mol. The lowest BCUT2D eigenvalue weighted by atomic mass is 10.3. The van der Waals surface area contributed by atoms with Crippen LogP contribution in [0, 0.1) is 0 Å². The van der Waals surface area contributed by atoms with Crippen molar-refractivity contribution in [2.24, 2.45) is 0 Å². The minimum atomic E-state index is -0.588. The maximum Gasteiger partial charge on any atom is 0.276 e. The number of aliphatic hydroxyl groups is 1. The minimum absolute atomic E-state index is 0.140. The van der Waals surface area contributed by atoms with E-state index in [4.69, 9.17) is 0 Å². The van der Waals surface area contributed by atoms with E-state index in [9.17, 15) is 9.90 Å². The Bertz CT molecular complexity index is 573. The number of nitrogens with one attached hydrogen (secondary N) is 1. The van der Waals surface area contributed by atoms with E-state index in [0.29, 0.717) is 18.1 Å². The Labute approximate surface area is 105 Å². The van der Waals surface area contributed by atoms with Crippen molar-refractivity contribution in [3.05, 3.63) is 35.0 Å². The molecule has 2 aromatic rings. The van der Waals surface area contributed by atoms with Crippen molar-refractivity contribution in [2.75, 3.05) is 6.54 Å². The van der Waals surface area contributed by atoms with Crippen LogP contribution in [0.1, 0.15) is 13.8 Å². The van der Waals surface area contributed by atoms with Gasteiger partial charge < -0.3 is 15.0 Å². The molecule has 0 aliphatic rings. The van der Waals surface area contributed by atoms with Crippen LogP contribution in [0.15, 0.2) is 29.5 Å². The monoisotopic (exact) mass is 250 g/mol. The lowest BCUT2D eigenvalue weighted by Gasteiger charge is -2.15. The van der Waals surface area contributed by atoms with Gasteiger partial charge in [0.25, 0.3) is 5.56 Å². The summed E-state index contributed by atoms with van der Waals surface area (Å²) in [7, 11) is 0. The summed E-state index contributed by atoms with van der Waals surface area (Å²) in [6.45, 7) is 4.77. The number of fused-ring (bicyclic) bond motifs is 1. The SMILES string of the molecule is CC(C)NCC(O)Cn1ccn2nccc2c1=O. The van der Waals surface area contributed by atoms with Gasteiger partial charge in [-0.25, -0.2) is 4.52 Å². The van der Waals surface area contributed by atoms with Gasteiger partial charge >= 0.3 is 0 Å². The van der Waals surface area contributed by atoms with E-state index in [1.54, 1.807) is 24.7 Å². The molecule has 6 nitrogen and oxygen atoms in total. The molecular formula is C12H18N4O2. The Balaban J connectivity index is 2.11. The van der Waals surface area contributed by atoms with Gasteiger partial charge in [0.1, 0.15) is 5.52 Å². The third-order valence-electron chi connectivity index (χ3n) is 2.71. The van der Waals surface area contributed by atoms with Crippen LogP contribution in [0.2, 0.25) is 0 Å². The summed E-state index contributed by atoms with van der Waals surface area (Å²) in [5.41, 5.74) is 0.375. The van der Waals surface area contributed by atoms with E-state index < -0.39 is 6.10 Å². The Kier molecular flexibility index (Phi) is 3.78. The maximum absolute atomic E-state index is 12.0. The highest BCUT2D eigenvalue weighted by Gasteiger charge is 2.09. The molecule has 18 heavy (non-hydrogen) atoms. The number of hydrogen-bond acceptors (Lipinski definition) is 4. The molecule has 0 saturated heterocycles. The van der Waals surface area contributed by atoms with E-state index in [-0.39, 0.29) is 12.1 Å². The summed E-state index contributed by atoms with van der Waals surface area (Å²) < 4.78 is 3.03. The third-order valence-corrected chi connectivity index (χ3v) is 2.71. The first kappa shape index (κ1) is 12.8. The van der Waals surface area contributed by atoms with Crippen LogP contribution in [0.4, 0.5) is 0 Å². The molecule has 1 atom stereocenters. The van der Waals surface area contributed by atoms with Crippen molar-refractivity contribution in [2.45, 2.75) is 32.5 Å². The largest absolute Gasteiger partial charge is 0.390 e. The molecule has 0 aliphatic heterocycles. The fourth-order valence-corrected chi connectivity index (χ4v) is 1.77. The number of nitrogens with zero attached hydrogens (tertiary/aromatic N) is 3. The second-order valence-corrected chi connectivity index (χ2v) is 4.63. The Morgan fingerprint density at radius 3 is 2.94 bits per heavy atom. The van der Waals surface area contributed by atoms with Crippen LogP contribution in [-0.2, 0) is 6.54 Å². The van der Waals surface area contributed by atoms with E-state index in [1.165, 1.54) is 9.08 Å². The van der Waals surface area contributed by atoms with Crippen molar-refractivity contribution in [1.29, 1.82) is 0 Å². The van der Waals surface area contributed by atoms with Gasteiger partial charge in [0.2, 0.25) is 0 Å². The quantitative estimate of drug-likeness (QED) is 0.774. The van der Waals surface area contributed by atoms with Crippen molar-refractivity contribution >= 4 is 5.52 Å². The molecule has 2 N–H and O–H groups in total. The fourth-order valence-electron chi connectivity index (χ4n) is 1.77. The van der Waals surface area contributed by atoms with Crippen LogP contribution >= 0.6 is 0 Å². The number of rotatable bonds is 5. The second kappa shape index (κ2) is 5.32. The lowest BCUT2D eigenvalue weighted by Crippen LogP contribution is -2.36. The molecule has 0 amide bonds. The summed E-state index contributed by atoms with van der Waals surface area (Å²) in [6, 6.07) is 1.98. The first-order valence-corrected chi connectivity index (χ1v) is 6.02. The highest BCUT2D eigenvalue weighted by atomic mass is 16.3. The zero-order chi connectivity index (χ0) is 13.1. The Hall–Kier alpha value is -1.66. The predicted molar refractivity (Wildman–Crippen MR) is 68.6 cm³/mol. The minimum Gasteiger partial charge on any atom is -0.390 e. The second-order valence-electron chi connectivity index (χ2n) is 4.63. The van der Waals surface area contributed by atoms with Crippen LogP contribution in [0.25, 0.3) is 5.52 Å². The molecule has 0 saturated carbocycles. The maximum atomic E-state index is 12.0. The predicted octanol–water partition coefficient (Wildman–Crippen LogP) is -0.145. The van der Waals surface area contributed by atoms with Gasteiger partial charge in [-0.15, -0.1) is 0 Å². The summed E-state index contributed by atoms with van der Waals surface area (Å²) >= 11 is 0. The number of aliphatic hydroxyl groups excluding tert-OH is 1. The Morgan fingerprint density at radius 2 is 2.22 bits per heavy atom. The summed E-state index contributed by atoms with van der Waals surface area (Å²) in [5.74, 6) is 0. The van der Waals surface area contributed by atoms with Crippen LogP contribution in [-0.4, -0.2) is 38.0 Å². The van der Waals surface area contributed by atoms with E-state index in [1.807, 2.05) is 13.8 Å². The highest BCUT2D eigenvalue weighted by Crippen LogP contribution is 1.96. The topological polar surface area (TPSA) is 71.6 Å². The highest BCUT2D eigenvalue weighted by molar-refractivity contribution is 5.42. The molecule has 2 heterocycles. The van der Waals surface area contributed by atoms with E-state index in [2.05, 4.69) is 10.4 Å². The average molecular weight is 250 g/mol. The van der Waals surface area contributed by atoms with Gasteiger partial charge in [0.05, 0.1) is 18.8 Å². The standard InChI is InChI=1S/C12H18N4O2/c1-9(2)13-7-10(17)8-15-5-6-16-11(12(15)18)3-4-14-16/h3-6,9-10,13,17H,7-8H2,1-2H3. The zero-order valence-corrected chi connectivity index (χ0v) is 10.6. The zero-order valence-electron chi connectivity index (χ0n) is 10.6. The van der Waals surface area contributed by atoms with Gasteiger partial charge in [-0.3, -0.25) is 4.79 Å². The fraction of sp³-hybridized carbons (Fsp3) is 0.500. The van der Waals surface area contributed by atoms with Crippen LogP contribution in [0.3, 0.4) is 0 Å². The molecule has 2 rings (SSSR count). The first-order chi connectivity index (χ1) is 8.58.